The third kappa shape index (κ3) is 5.31. The van der Waals surface area contributed by atoms with Crippen LogP contribution in [0.25, 0.3) is 0 Å². The third-order valence-corrected chi connectivity index (χ3v) is 6.12. The van der Waals surface area contributed by atoms with Crippen molar-refractivity contribution < 1.29 is 19.1 Å². The Balaban J connectivity index is 1.80. The van der Waals surface area contributed by atoms with Crippen LogP contribution in [0.15, 0.2) is 103 Å². The normalized spacial score (nSPS) is 11.4. The fraction of sp³-hybridized carbons (Fsp3) is 0.161. The molecule has 4 aromatic rings. The quantitative estimate of drug-likeness (QED) is 0.293. The van der Waals surface area contributed by atoms with Gasteiger partial charge >= 0.3 is 0 Å². The molecule has 0 N–H and O–H groups in total. The van der Waals surface area contributed by atoms with Gasteiger partial charge < -0.3 is 9.47 Å². The van der Waals surface area contributed by atoms with Gasteiger partial charge in [0.1, 0.15) is 0 Å². The second-order valence-corrected chi connectivity index (χ2v) is 8.49. The Morgan fingerprint density at radius 2 is 1.44 bits per heavy atom. The van der Waals surface area contributed by atoms with E-state index in [1.807, 2.05) is 67.6 Å². The first kappa shape index (κ1) is 24.7. The minimum Gasteiger partial charge on any atom is -0.493 e. The van der Waals surface area contributed by atoms with E-state index in [9.17, 15) is 9.59 Å². The van der Waals surface area contributed by atoms with Crippen molar-refractivity contribution in [1.29, 1.82) is 0 Å². The predicted octanol–water partition coefficient (Wildman–Crippen LogP) is 6.41. The van der Waals surface area contributed by atoms with Gasteiger partial charge in [0.2, 0.25) is 5.91 Å². The van der Waals surface area contributed by atoms with Gasteiger partial charge in [0, 0.05) is 23.5 Å². The number of carbonyl (C=O) groups is 2. The molecule has 0 aromatic heterocycles. The lowest BCUT2D eigenvalue weighted by Gasteiger charge is -2.26. The van der Waals surface area contributed by atoms with E-state index >= 15 is 0 Å². The van der Waals surface area contributed by atoms with Crippen molar-refractivity contribution in [1.82, 2.24) is 0 Å². The summed E-state index contributed by atoms with van der Waals surface area (Å²) in [7, 11) is 3.18. The molecule has 0 saturated heterocycles. The summed E-state index contributed by atoms with van der Waals surface area (Å²) in [6, 6.07) is 31.6. The summed E-state index contributed by atoms with van der Waals surface area (Å²) in [6.07, 6.45) is 0.0560. The molecule has 0 aliphatic carbocycles. The summed E-state index contributed by atoms with van der Waals surface area (Å²) < 4.78 is 11.3. The van der Waals surface area contributed by atoms with Gasteiger partial charge in [-0.1, -0.05) is 78.4 Å². The first-order valence-electron chi connectivity index (χ1n) is 11.8. The smallest absolute Gasteiger partial charge is 0.265 e. The lowest BCUT2D eigenvalue weighted by Crippen LogP contribution is -2.38. The van der Waals surface area contributed by atoms with Crippen LogP contribution >= 0.6 is 0 Å². The van der Waals surface area contributed by atoms with Gasteiger partial charge in [0.25, 0.3) is 5.91 Å². The van der Waals surface area contributed by atoms with E-state index in [0.717, 1.165) is 16.7 Å². The highest BCUT2D eigenvalue weighted by Gasteiger charge is 2.30. The van der Waals surface area contributed by atoms with Crippen molar-refractivity contribution in [2.75, 3.05) is 19.1 Å². The molecule has 2 amide bonds. The number of imide groups is 1. The van der Waals surface area contributed by atoms with Crippen molar-refractivity contribution in [3.63, 3.8) is 0 Å². The van der Waals surface area contributed by atoms with Crippen LogP contribution in [-0.4, -0.2) is 26.0 Å². The van der Waals surface area contributed by atoms with Crippen molar-refractivity contribution in [3.8, 4) is 11.5 Å². The SMILES string of the molecule is COc1cccc([C@@H](CC(=O)N(C(=O)c2ccccc2)c2ccccc2)c2cccc(C)c2)c1OC. The molecule has 0 saturated carbocycles. The molecule has 0 heterocycles. The fourth-order valence-electron chi connectivity index (χ4n) is 4.41. The van der Waals surface area contributed by atoms with Crippen LogP contribution in [0, 0.1) is 6.92 Å². The number of hydrogen-bond acceptors (Lipinski definition) is 4. The van der Waals surface area contributed by atoms with E-state index in [4.69, 9.17) is 9.47 Å². The lowest BCUT2D eigenvalue weighted by molar-refractivity contribution is -0.118. The topological polar surface area (TPSA) is 55.8 Å². The number of benzene rings is 4. The largest absolute Gasteiger partial charge is 0.493 e. The Bertz CT molecular complexity index is 1340. The molecule has 36 heavy (non-hydrogen) atoms. The Hall–Kier alpha value is -4.38. The molecule has 5 nitrogen and oxygen atoms in total. The highest BCUT2D eigenvalue weighted by Crippen LogP contribution is 2.40. The van der Waals surface area contributed by atoms with Crippen LogP contribution in [-0.2, 0) is 4.79 Å². The number of carbonyl (C=O) groups excluding carboxylic acids is 2. The van der Waals surface area contributed by atoms with Crippen molar-refractivity contribution in [3.05, 3.63) is 125 Å². The number of anilines is 1. The predicted molar refractivity (Wildman–Crippen MR) is 142 cm³/mol. The van der Waals surface area contributed by atoms with Crippen molar-refractivity contribution in [2.24, 2.45) is 0 Å². The number of ether oxygens (including phenoxy) is 2. The Morgan fingerprint density at radius 1 is 0.778 bits per heavy atom. The summed E-state index contributed by atoms with van der Waals surface area (Å²) in [6.45, 7) is 2.01. The van der Waals surface area contributed by atoms with Crippen molar-refractivity contribution >= 4 is 17.5 Å². The monoisotopic (exact) mass is 479 g/mol. The summed E-state index contributed by atoms with van der Waals surface area (Å²) in [4.78, 5) is 28.8. The van der Waals surface area contributed by atoms with Crippen LogP contribution in [0.1, 0.15) is 39.4 Å². The molecule has 182 valence electrons. The number of methoxy groups -OCH3 is 2. The van der Waals surface area contributed by atoms with Crippen LogP contribution in [0.2, 0.25) is 0 Å². The number of rotatable bonds is 8. The maximum absolute atomic E-state index is 14.0. The number of nitrogens with zero attached hydrogens (tertiary/aromatic N) is 1. The fourth-order valence-corrected chi connectivity index (χ4v) is 4.41. The molecule has 5 heteroatoms. The molecule has 0 fully saturated rings. The Labute approximate surface area is 211 Å². The number of hydrogen-bond donors (Lipinski definition) is 0. The van der Waals surface area contributed by atoms with Gasteiger partial charge in [0.05, 0.1) is 19.9 Å². The summed E-state index contributed by atoms with van der Waals surface area (Å²) in [5, 5.41) is 0. The van der Waals surface area contributed by atoms with Crippen LogP contribution in [0.3, 0.4) is 0 Å². The summed E-state index contributed by atoms with van der Waals surface area (Å²) >= 11 is 0. The van der Waals surface area contributed by atoms with Gasteiger partial charge in [0.15, 0.2) is 11.5 Å². The minimum absolute atomic E-state index is 0.0560. The number of amides is 2. The molecular weight excluding hydrogens is 450 g/mol. The van der Waals surface area contributed by atoms with E-state index in [1.54, 1.807) is 50.6 Å². The molecule has 4 aromatic carbocycles. The van der Waals surface area contributed by atoms with E-state index in [-0.39, 0.29) is 24.2 Å². The molecular formula is C31H29NO4. The van der Waals surface area contributed by atoms with Crippen LogP contribution in [0.4, 0.5) is 5.69 Å². The average molecular weight is 480 g/mol. The average Bonchev–Trinajstić information content (AvgIpc) is 2.92. The third-order valence-electron chi connectivity index (χ3n) is 6.12. The first-order valence-corrected chi connectivity index (χ1v) is 11.8. The van der Waals surface area contributed by atoms with Gasteiger partial charge in [-0.25, -0.2) is 4.90 Å². The molecule has 1 atom stereocenters. The standard InChI is InChI=1S/C31H29NO4/c1-22-12-10-15-24(20-22)27(26-18-11-19-28(35-2)30(26)36-3)21-29(33)32(25-16-8-5-9-17-25)31(34)23-13-6-4-7-14-23/h4-20,27H,21H2,1-3H3/t27-/m0/s1. The minimum atomic E-state index is -0.368. The van der Waals surface area contributed by atoms with Gasteiger partial charge in [-0.2, -0.15) is 0 Å². The van der Waals surface area contributed by atoms with Gasteiger partial charge in [-0.15, -0.1) is 0 Å². The van der Waals surface area contributed by atoms with E-state index < -0.39 is 0 Å². The summed E-state index contributed by atoms with van der Waals surface area (Å²) in [5.74, 6) is 0.108. The zero-order chi connectivity index (χ0) is 25.5. The van der Waals surface area contributed by atoms with Crippen molar-refractivity contribution in [2.45, 2.75) is 19.3 Å². The van der Waals surface area contributed by atoms with Gasteiger partial charge in [-0.3, -0.25) is 9.59 Å². The Kier molecular flexibility index (Phi) is 7.81. The zero-order valence-corrected chi connectivity index (χ0v) is 20.7. The Morgan fingerprint density at radius 3 is 2.08 bits per heavy atom. The maximum atomic E-state index is 14.0. The highest BCUT2D eigenvalue weighted by molar-refractivity contribution is 6.21. The number of para-hydroxylation sites is 2. The van der Waals surface area contributed by atoms with E-state index in [2.05, 4.69) is 6.07 Å². The van der Waals surface area contributed by atoms with Crippen LogP contribution in [0.5, 0.6) is 11.5 Å². The van der Waals surface area contributed by atoms with E-state index in [0.29, 0.717) is 22.7 Å². The van der Waals surface area contributed by atoms with Crippen LogP contribution < -0.4 is 14.4 Å². The number of aryl methyl sites for hydroxylation is 1. The first-order chi connectivity index (χ1) is 17.5. The molecule has 0 spiro atoms. The summed E-state index contributed by atoms with van der Waals surface area (Å²) in [5.41, 5.74) is 3.82. The van der Waals surface area contributed by atoms with E-state index in [1.165, 1.54) is 4.90 Å². The lowest BCUT2D eigenvalue weighted by atomic mass is 9.86. The zero-order valence-electron chi connectivity index (χ0n) is 20.7. The van der Waals surface area contributed by atoms with Gasteiger partial charge in [-0.05, 0) is 42.8 Å². The molecule has 0 unspecified atom stereocenters. The molecule has 0 aliphatic rings. The molecule has 4 rings (SSSR count). The second kappa shape index (κ2) is 11.4. The molecule has 0 aliphatic heterocycles. The molecule has 0 bridgehead atoms. The molecule has 0 radical (unpaired) electrons. The highest BCUT2D eigenvalue weighted by atomic mass is 16.5. The maximum Gasteiger partial charge on any atom is 0.265 e. The second-order valence-electron chi connectivity index (χ2n) is 8.49.